The molecule has 1 aromatic carbocycles. The number of thioether (sulfide) groups is 1. The molecule has 1 aliphatic rings. The molecule has 0 saturated heterocycles. The third kappa shape index (κ3) is 2.65. The molecule has 2 N–H and O–H groups in total. The van der Waals surface area contributed by atoms with Crippen LogP contribution >= 0.6 is 11.8 Å². The number of hydrogen-bond donors (Lipinski definition) is 2. The Bertz CT molecular complexity index is 817. The summed E-state index contributed by atoms with van der Waals surface area (Å²) in [6.45, 7) is 0. The molecule has 0 spiro atoms. The Labute approximate surface area is 137 Å². The molecule has 1 aromatic heterocycles. The third-order valence-electron chi connectivity index (χ3n) is 3.71. The largest absolute Gasteiger partial charge is 0.497 e. The summed E-state index contributed by atoms with van der Waals surface area (Å²) in [6, 6.07) is 6.29. The van der Waals surface area contributed by atoms with Crippen LogP contribution in [0.2, 0.25) is 0 Å². The van der Waals surface area contributed by atoms with Gasteiger partial charge < -0.3 is 10.1 Å². The highest BCUT2D eigenvalue weighted by Gasteiger charge is 2.31. The number of nitrogens with zero attached hydrogens (tertiary/aromatic N) is 2. The molecule has 3 rings (SSSR count). The molecule has 0 bridgehead atoms. The number of aromatic nitrogens is 2. The molecule has 0 fully saturated rings. The molecule has 7 nitrogen and oxygen atoms in total. The van der Waals surface area contributed by atoms with Crippen molar-refractivity contribution in [3.8, 4) is 5.75 Å². The van der Waals surface area contributed by atoms with Crippen molar-refractivity contribution in [3.63, 3.8) is 0 Å². The van der Waals surface area contributed by atoms with E-state index in [0.717, 1.165) is 5.56 Å². The van der Waals surface area contributed by atoms with E-state index in [4.69, 9.17) is 4.74 Å². The van der Waals surface area contributed by atoms with Crippen molar-refractivity contribution < 1.29 is 9.53 Å². The maximum atomic E-state index is 12.7. The van der Waals surface area contributed by atoms with Crippen molar-refractivity contribution in [3.05, 3.63) is 45.7 Å². The number of rotatable bonds is 3. The average molecular weight is 332 g/mol. The molecular weight excluding hydrogens is 316 g/mol. The lowest BCUT2D eigenvalue weighted by Crippen LogP contribution is -2.43. The summed E-state index contributed by atoms with van der Waals surface area (Å²) >= 11 is 1.35. The normalized spacial score (nSPS) is 16.3. The highest BCUT2D eigenvalue weighted by Crippen LogP contribution is 2.30. The topological polar surface area (TPSA) is 85.2 Å². The lowest BCUT2D eigenvalue weighted by atomic mass is 9.98. The molecule has 23 heavy (non-hydrogen) atoms. The predicted octanol–water partition coefficient (Wildman–Crippen LogP) is 1.74. The zero-order chi connectivity index (χ0) is 16.6. The molecule has 1 aliphatic heterocycles. The summed E-state index contributed by atoms with van der Waals surface area (Å²) in [4.78, 5) is 29.0. The molecule has 1 unspecified atom stereocenters. The predicted molar refractivity (Wildman–Crippen MR) is 88.3 cm³/mol. The van der Waals surface area contributed by atoms with Crippen molar-refractivity contribution in [2.75, 3.05) is 18.7 Å². The zero-order valence-corrected chi connectivity index (χ0v) is 13.7. The molecule has 1 atom stereocenters. The smallest absolute Gasteiger partial charge is 0.321 e. The van der Waals surface area contributed by atoms with E-state index in [1.165, 1.54) is 16.3 Å². The van der Waals surface area contributed by atoms with Crippen LogP contribution in [0.25, 0.3) is 0 Å². The molecule has 0 aliphatic carbocycles. The second-order valence-electron chi connectivity index (χ2n) is 5.03. The Morgan fingerprint density at radius 3 is 2.57 bits per heavy atom. The fraction of sp³-hybridized carbons (Fsp3) is 0.267. The number of benzene rings is 1. The van der Waals surface area contributed by atoms with Crippen molar-refractivity contribution >= 4 is 23.6 Å². The lowest BCUT2D eigenvalue weighted by Gasteiger charge is -2.27. The van der Waals surface area contributed by atoms with Gasteiger partial charge in [0.2, 0.25) is 0 Å². The second-order valence-corrected chi connectivity index (χ2v) is 5.80. The van der Waals surface area contributed by atoms with E-state index in [9.17, 15) is 9.59 Å². The lowest BCUT2D eigenvalue weighted by molar-refractivity contribution is 0.248. The van der Waals surface area contributed by atoms with Gasteiger partial charge in [-0.15, -0.1) is 0 Å². The fourth-order valence-electron chi connectivity index (χ4n) is 2.53. The summed E-state index contributed by atoms with van der Waals surface area (Å²) in [5.74, 6) is 1.01. The first kappa shape index (κ1) is 15.4. The molecule has 0 radical (unpaired) electrons. The Hall–Kier alpha value is -2.48. The first-order chi connectivity index (χ1) is 11.0. The van der Waals surface area contributed by atoms with Gasteiger partial charge in [-0.1, -0.05) is 23.9 Å². The number of urea groups is 1. The van der Waals surface area contributed by atoms with Gasteiger partial charge in [0, 0.05) is 7.05 Å². The quantitative estimate of drug-likeness (QED) is 0.660. The van der Waals surface area contributed by atoms with E-state index in [2.05, 4.69) is 15.6 Å². The molecule has 120 valence electrons. The second kappa shape index (κ2) is 5.96. The molecule has 0 saturated carbocycles. The number of carbonyl (C=O) groups excluding carboxylic acids is 1. The van der Waals surface area contributed by atoms with E-state index in [-0.39, 0.29) is 11.6 Å². The molecule has 2 heterocycles. The zero-order valence-electron chi connectivity index (χ0n) is 12.9. The van der Waals surface area contributed by atoms with Crippen molar-refractivity contribution in [2.45, 2.75) is 11.2 Å². The van der Waals surface area contributed by atoms with Crippen LogP contribution in [0.15, 0.2) is 34.2 Å². The molecule has 8 heteroatoms. The van der Waals surface area contributed by atoms with Crippen LogP contribution < -0.4 is 20.9 Å². The van der Waals surface area contributed by atoms with Crippen molar-refractivity contribution in [2.24, 2.45) is 7.05 Å². The molecular formula is C15H16N4O3S. The van der Waals surface area contributed by atoms with Gasteiger partial charge in [-0.05, 0) is 24.0 Å². The third-order valence-corrected chi connectivity index (χ3v) is 4.44. The minimum absolute atomic E-state index is 0.187. The van der Waals surface area contributed by atoms with E-state index in [1.807, 2.05) is 18.4 Å². The number of ether oxygens (including phenoxy) is 1. The SMILES string of the molecule is COc1ccc(C2NC(=O)Nc3nc(SC)n(C)c(=O)c32)cc1. The van der Waals surface area contributed by atoms with Crippen LogP contribution in [0.4, 0.5) is 10.6 Å². The van der Waals surface area contributed by atoms with E-state index >= 15 is 0 Å². The minimum Gasteiger partial charge on any atom is -0.497 e. The Balaban J connectivity index is 2.16. The summed E-state index contributed by atoms with van der Waals surface area (Å²) in [7, 11) is 3.25. The molecule has 2 aromatic rings. The van der Waals surface area contributed by atoms with E-state index in [1.54, 1.807) is 26.3 Å². The Morgan fingerprint density at radius 1 is 1.26 bits per heavy atom. The highest BCUT2D eigenvalue weighted by molar-refractivity contribution is 7.98. The first-order valence-corrected chi connectivity index (χ1v) is 8.14. The summed E-state index contributed by atoms with van der Waals surface area (Å²) in [6.07, 6.45) is 1.83. The van der Waals surface area contributed by atoms with Crippen molar-refractivity contribution in [1.29, 1.82) is 0 Å². The Kier molecular flexibility index (Phi) is 3.99. The molecule has 2 amide bonds. The van der Waals surface area contributed by atoms with Crippen LogP contribution in [-0.2, 0) is 7.05 Å². The number of carbonyl (C=O) groups is 1. The van der Waals surface area contributed by atoms with Crippen LogP contribution in [-0.4, -0.2) is 28.9 Å². The van der Waals surface area contributed by atoms with E-state index < -0.39 is 6.04 Å². The minimum atomic E-state index is -0.549. The van der Waals surface area contributed by atoms with Crippen LogP contribution in [0.5, 0.6) is 5.75 Å². The van der Waals surface area contributed by atoms with Crippen LogP contribution in [0, 0.1) is 0 Å². The van der Waals surface area contributed by atoms with Gasteiger partial charge in [0.15, 0.2) is 5.16 Å². The highest BCUT2D eigenvalue weighted by atomic mass is 32.2. The van der Waals surface area contributed by atoms with Gasteiger partial charge in [-0.2, -0.15) is 0 Å². The number of amides is 2. The number of hydrogen-bond acceptors (Lipinski definition) is 5. The number of fused-ring (bicyclic) bond motifs is 1. The van der Waals surface area contributed by atoms with Gasteiger partial charge in [0.05, 0.1) is 18.7 Å². The van der Waals surface area contributed by atoms with Gasteiger partial charge in [0.25, 0.3) is 5.56 Å². The van der Waals surface area contributed by atoms with Gasteiger partial charge in [0.1, 0.15) is 11.6 Å². The van der Waals surface area contributed by atoms with Gasteiger partial charge in [-0.3, -0.25) is 14.7 Å². The standard InChI is InChI=1S/C15H16N4O3S/c1-19-13(20)10-11(8-4-6-9(22-2)7-5-8)16-14(21)17-12(10)18-15(19)23-3/h4-7,11H,1-3H3,(H2,16,17,21). The average Bonchev–Trinajstić information content (AvgIpc) is 2.57. The van der Waals surface area contributed by atoms with Crippen LogP contribution in [0.3, 0.4) is 0 Å². The van der Waals surface area contributed by atoms with E-state index in [0.29, 0.717) is 22.3 Å². The maximum Gasteiger partial charge on any atom is 0.321 e. The first-order valence-electron chi connectivity index (χ1n) is 6.91. The summed E-state index contributed by atoms with van der Waals surface area (Å²) < 4.78 is 6.62. The summed E-state index contributed by atoms with van der Waals surface area (Å²) in [5.41, 5.74) is 1.03. The Morgan fingerprint density at radius 2 is 1.96 bits per heavy atom. The monoisotopic (exact) mass is 332 g/mol. The van der Waals surface area contributed by atoms with Crippen molar-refractivity contribution in [1.82, 2.24) is 14.9 Å². The summed E-state index contributed by atoms with van der Waals surface area (Å²) in [5, 5.41) is 5.94. The van der Waals surface area contributed by atoms with Crippen LogP contribution in [0.1, 0.15) is 17.2 Å². The van der Waals surface area contributed by atoms with Gasteiger partial charge >= 0.3 is 6.03 Å². The number of anilines is 1. The van der Waals surface area contributed by atoms with Gasteiger partial charge in [-0.25, -0.2) is 9.78 Å². The number of methoxy groups -OCH3 is 1. The number of nitrogens with one attached hydrogen (secondary N) is 2. The fourth-order valence-corrected chi connectivity index (χ4v) is 3.07. The maximum absolute atomic E-state index is 12.7.